The van der Waals surface area contributed by atoms with E-state index in [4.69, 9.17) is 23.2 Å². The van der Waals surface area contributed by atoms with Crippen molar-refractivity contribution in [2.45, 2.75) is 0 Å². The van der Waals surface area contributed by atoms with E-state index < -0.39 is 0 Å². The fourth-order valence-electron chi connectivity index (χ4n) is 1.90. The van der Waals surface area contributed by atoms with Crippen molar-refractivity contribution in [3.8, 4) is 0 Å². The van der Waals surface area contributed by atoms with Gasteiger partial charge in [0.15, 0.2) is 0 Å². The molecule has 1 heterocycles. The van der Waals surface area contributed by atoms with Crippen LogP contribution in [0.5, 0.6) is 0 Å². The summed E-state index contributed by atoms with van der Waals surface area (Å²) in [4.78, 5) is 4.46. The summed E-state index contributed by atoms with van der Waals surface area (Å²) in [5, 5.41) is 6.39. The molecular formula is C16H11Cl2N3. The van der Waals surface area contributed by atoms with E-state index in [1.807, 2.05) is 42.5 Å². The maximum atomic E-state index is 6.07. The second-order valence-corrected chi connectivity index (χ2v) is 5.27. The van der Waals surface area contributed by atoms with E-state index in [0.717, 1.165) is 16.5 Å². The molecule has 3 nitrogen and oxygen atoms in total. The molecule has 0 bridgehead atoms. The van der Waals surface area contributed by atoms with Crippen molar-refractivity contribution in [2.75, 3.05) is 5.43 Å². The summed E-state index contributed by atoms with van der Waals surface area (Å²) < 4.78 is 0. The molecule has 0 radical (unpaired) electrons. The summed E-state index contributed by atoms with van der Waals surface area (Å²) in [6.45, 7) is 0. The molecule has 3 rings (SSSR count). The number of anilines is 1. The van der Waals surface area contributed by atoms with Gasteiger partial charge in [0, 0.05) is 16.0 Å². The van der Waals surface area contributed by atoms with Gasteiger partial charge in [-0.3, -0.25) is 5.43 Å². The Kier molecular flexibility index (Phi) is 4.04. The molecule has 0 saturated carbocycles. The second kappa shape index (κ2) is 6.12. The molecule has 21 heavy (non-hydrogen) atoms. The molecular weight excluding hydrogens is 305 g/mol. The quantitative estimate of drug-likeness (QED) is 0.546. The zero-order valence-electron chi connectivity index (χ0n) is 10.9. The van der Waals surface area contributed by atoms with Crippen LogP contribution < -0.4 is 5.43 Å². The van der Waals surface area contributed by atoms with Gasteiger partial charge in [-0.15, -0.1) is 0 Å². The maximum Gasteiger partial charge on any atom is 0.146 e. The van der Waals surface area contributed by atoms with Gasteiger partial charge in [0.05, 0.1) is 16.8 Å². The smallest absolute Gasteiger partial charge is 0.146 e. The zero-order valence-corrected chi connectivity index (χ0v) is 12.4. The largest absolute Gasteiger partial charge is 0.261 e. The minimum Gasteiger partial charge on any atom is -0.261 e. The molecule has 0 aliphatic rings. The normalized spacial score (nSPS) is 11.1. The van der Waals surface area contributed by atoms with Gasteiger partial charge in [-0.25, -0.2) is 4.98 Å². The third-order valence-electron chi connectivity index (χ3n) is 2.94. The standard InChI is InChI=1S/C16H11Cl2N3/c17-13-7-5-12(14(18)9-13)10-19-21-16-8-6-11-3-1-2-4-15(11)20-16/h1-10H,(H,20,21)/b19-10-. The van der Waals surface area contributed by atoms with Crippen molar-refractivity contribution < 1.29 is 0 Å². The Hall–Kier alpha value is -2.10. The SMILES string of the molecule is Clc1ccc(/C=N\Nc2ccc3ccccc3n2)c(Cl)c1. The van der Waals surface area contributed by atoms with Crippen LogP contribution in [0.15, 0.2) is 59.7 Å². The molecule has 1 N–H and O–H groups in total. The van der Waals surface area contributed by atoms with Crippen molar-refractivity contribution in [2.24, 2.45) is 5.10 Å². The van der Waals surface area contributed by atoms with Gasteiger partial charge in [-0.2, -0.15) is 5.10 Å². The first-order chi connectivity index (χ1) is 10.2. The van der Waals surface area contributed by atoms with Gasteiger partial charge in [-0.1, -0.05) is 47.5 Å². The molecule has 0 fully saturated rings. The predicted octanol–water partition coefficient (Wildman–Crippen LogP) is 4.99. The summed E-state index contributed by atoms with van der Waals surface area (Å²) in [6, 6.07) is 17.0. The van der Waals surface area contributed by atoms with Crippen LogP contribution in [0.3, 0.4) is 0 Å². The summed E-state index contributed by atoms with van der Waals surface area (Å²) >= 11 is 11.9. The van der Waals surface area contributed by atoms with Gasteiger partial charge in [0.2, 0.25) is 0 Å². The lowest BCUT2D eigenvalue weighted by Gasteiger charge is -2.02. The summed E-state index contributed by atoms with van der Waals surface area (Å²) in [5.41, 5.74) is 4.60. The number of para-hydroxylation sites is 1. The monoisotopic (exact) mass is 315 g/mol. The Morgan fingerprint density at radius 1 is 1.00 bits per heavy atom. The predicted molar refractivity (Wildman–Crippen MR) is 89.4 cm³/mol. The van der Waals surface area contributed by atoms with Crippen LogP contribution in [-0.4, -0.2) is 11.2 Å². The van der Waals surface area contributed by atoms with E-state index in [2.05, 4.69) is 15.5 Å². The number of nitrogens with one attached hydrogen (secondary N) is 1. The lowest BCUT2D eigenvalue weighted by Crippen LogP contribution is -1.94. The molecule has 104 valence electrons. The molecule has 0 spiro atoms. The van der Waals surface area contributed by atoms with Crippen LogP contribution in [0, 0.1) is 0 Å². The number of rotatable bonds is 3. The molecule has 0 aliphatic carbocycles. The highest BCUT2D eigenvalue weighted by molar-refractivity contribution is 6.36. The van der Waals surface area contributed by atoms with Crippen LogP contribution in [0.1, 0.15) is 5.56 Å². The van der Waals surface area contributed by atoms with Gasteiger partial charge in [-0.05, 0) is 30.3 Å². The van der Waals surface area contributed by atoms with Crippen molar-refractivity contribution >= 4 is 46.1 Å². The topological polar surface area (TPSA) is 37.3 Å². The van der Waals surface area contributed by atoms with Gasteiger partial charge in [0.1, 0.15) is 5.82 Å². The molecule has 0 aliphatic heterocycles. The Morgan fingerprint density at radius 2 is 1.86 bits per heavy atom. The number of benzene rings is 2. The average molecular weight is 316 g/mol. The van der Waals surface area contributed by atoms with Crippen molar-refractivity contribution in [3.63, 3.8) is 0 Å². The van der Waals surface area contributed by atoms with Crippen LogP contribution in [0.4, 0.5) is 5.82 Å². The number of halogens is 2. The molecule has 5 heteroatoms. The van der Waals surface area contributed by atoms with E-state index in [1.54, 1.807) is 18.3 Å². The first-order valence-corrected chi connectivity index (χ1v) is 7.08. The lowest BCUT2D eigenvalue weighted by molar-refractivity contribution is 1.26. The number of aromatic nitrogens is 1. The fraction of sp³-hybridized carbons (Fsp3) is 0. The van der Waals surface area contributed by atoms with Gasteiger partial charge in [0.25, 0.3) is 0 Å². The number of hydrazone groups is 1. The molecule has 0 amide bonds. The highest BCUT2D eigenvalue weighted by Crippen LogP contribution is 2.19. The maximum absolute atomic E-state index is 6.07. The Labute approximate surface area is 132 Å². The highest BCUT2D eigenvalue weighted by Gasteiger charge is 1.99. The van der Waals surface area contributed by atoms with Crippen molar-refractivity contribution in [1.29, 1.82) is 0 Å². The number of pyridine rings is 1. The fourth-order valence-corrected chi connectivity index (χ4v) is 2.36. The van der Waals surface area contributed by atoms with E-state index in [0.29, 0.717) is 15.9 Å². The third-order valence-corrected chi connectivity index (χ3v) is 3.51. The van der Waals surface area contributed by atoms with Crippen LogP contribution in [-0.2, 0) is 0 Å². The van der Waals surface area contributed by atoms with Crippen LogP contribution in [0.2, 0.25) is 10.0 Å². The van der Waals surface area contributed by atoms with E-state index in [-0.39, 0.29) is 0 Å². The molecule has 0 atom stereocenters. The molecule has 0 unspecified atom stereocenters. The minimum atomic E-state index is 0.555. The average Bonchev–Trinajstić information content (AvgIpc) is 2.49. The van der Waals surface area contributed by atoms with Gasteiger partial charge >= 0.3 is 0 Å². The van der Waals surface area contributed by atoms with E-state index in [1.165, 1.54) is 0 Å². The molecule has 2 aromatic carbocycles. The summed E-state index contributed by atoms with van der Waals surface area (Å²) in [7, 11) is 0. The summed E-state index contributed by atoms with van der Waals surface area (Å²) in [6.07, 6.45) is 1.63. The number of nitrogens with zero attached hydrogens (tertiary/aromatic N) is 2. The van der Waals surface area contributed by atoms with Crippen LogP contribution >= 0.6 is 23.2 Å². The van der Waals surface area contributed by atoms with E-state index >= 15 is 0 Å². The lowest BCUT2D eigenvalue weighted by atomic mass is 10.2. The third kappa shape index (κ3) is 3.32. The summed E-state index contributed by atoms with van der Waals surface area (Å²) in [5.74, 6) is 0.676. The number of hydrogen-bond acceptors (Lipinski definition) is 3. The minimum absolute atomic E-state index is 0.555. The zero-order chi connectivity index (χ0) is 14.7. The van der Waals surface area contributed by atoms with Gasteiger partial charge < -0.3 is 0 Å². The van der Waals surface area contributed by atoms with Crippen molar-refractivity contribution in [3.05, 3.63) is 70.2 Å². The number of fused-ring (bicyclic) bond motifs is 1. The Balaban J connectivity index is 1.77. The second-order valence-electron chi connectivity index (χ2n) is 4.43. The Morgan fingerprint density at radius 3 is 2.71 bits per heavy atom. The molecule has 3 aromatic rings. The Bertz CT molecular complexity index is 815. The first kappa shape index (κ1) is 13.9. The first-order valence-electron chi connectivity index (χ1n) is 6.32. The molecule has 1 aromatic heterocycles. The molecule has 0 saturated heterocycles. The van der Waals surface area contributed by atoms with Crippen molar-refractivity contribution in [1.82, 2.24) is 4.98 Å². The number of hydrogen-bond donors (Lipinski definition) is 1. The van der Waals surface area contributed by atoms with E-state index in [9.17, 15) is 0 Å². The van der Waals surface area contributed by atoms with Crippen LogP contribution in [0.25, 0.3) is 10.9 Å². The highest BCUT2D eigenvalue weighted by atomic mass is 35.5.